The Morgan fingerprint density at radius 2 is 2.29 bits per heavy atom. The Bertz CT molecular complexity index is 324. The van der Waals surface area contributed by atoms with Crippen molar-refractivity contribution in [3.05, 3.63) is 18.0 Å². The number of anilines is 1. The number of ether oxygens (including phenoxy) is 1. The van der Waals surface area contributed by atoms with Gasteiger partial charge in [0.2, 0.25) is 0 Å². The zero-order chi connectivity index (χ0) is 10.6. The van der Waals surface area contributed by atoms with E-state index in [9.17, 15) is 4.79 Å². The van der Waals surface area contributed by atoms with Crippen molar-refractivity contribution in [3.8, 4) is 0 Å². The normalized spacial score (nSPS) is 9.64. The van der Waals surface area contributed by atoms with E-state index in [4.69, 9.17) is 4.65 Å². The highest BCUT2D eigenvalue weighted by atomic mass is 16.5. The van der Waals surface area contributed by atoms with Crippen LogP contribution in [0.4, 0.5) is 5.69 Å². The smallest absolute Gasteiger partial charge is 0.393 e. The maximum atomic E-state index is 11.2. The van der Waals surface area contributed by atoms with E-state index in [1.165, 1.54) is 7.11 Å². The van der Waals surface area contributed by atoms with Gasteiger partial charge < -0.3 is 19.2 Å². The number of methoxy groups -OCH3 is 1. The minimum absolute atomic E-state index is 0.349. The lowest BCUT2D eigenvalue weighted by Crippen LogP contribution is -2.07. The lowest BCUT2D eigenvalue weighted by molar-refractivity contribution is 0.0590. The number of esters is 1. The Labute approximate surface area is 83.3 Å². The summed E-state index contributed by atoms with van der Waals surface area (Å²) in [6, 6.07) is 1.71. The van der Waals surface area contributed by atoms with Gasteiger partial charge in [-0.2, -0.15) is 0 Å². The largest absolute Gasteiger partial charge is 0.464 e. The van der Waals surface area contributed by atoms with Crippen LogP contribution in [0.5, 0.6) is 0 Å². The predicted octanol–water partition coefficient (Wildman–Crippen LogP) is 0.136. The topological polar surface area (TPSA) is 52.5 Å². The Balaban J connectivity index is 2.77. The Hall–Kier alpha value is -1.43. The third-order valence-electron chi connectivity index (χ3n) is 1.82. The molecule has 1 heterocycles. The lowest BCUT2D eigenvalue weighted by atomic mass is 10.2. The van der Waals surface area contributed by atoms with Gasteiger partial charge in [0.1, 0.15) is 5.69 Å². The molecule has 0 aromatic carbocycles. The first-order chi connectivity index (χ1) is 6.69. The molecule has 1 aromatic rings. The molecule has 0 amide bonds. The van der Waals surface area contributed by atoms with Gasteiger partial charge in [-0.3, -0.25) is 0 Å². The van der Waals surface area contributed by atoms with Crippen molar-refractivity contribution in [1.29, 1.82) is 0 Å². The highest BCUT2D eigenvalue weighted by molar-refractivity contribution is 6.32. The third kappa shape index (κ3) is 2.29. The lowest BCUT2D eigenvalue weighted by Gasteiger charge is -1.98. The molecular weight excluding hydrogens is 183 g/mol. The van der Waals surface area contributed by atoms with Gasteiger partial charge in [-0.15, -0.1) is 0 Å². The molecule has 76 valence electrons. The molecule has 6 heteroatoms. The number of carbonyl (C=O) groups is 1. The summed E-state index contributed by atoms with van der Waals surface area (Å²) in [6.07, 6.45) is 1.80. The number of nitrogens with one attached hydrogen (secondary N) is 1. The number of aromatic nitrogens is 1. The van der Waals surface area contributed by atoms with E-state index in [0.717, 1.165) is 5.69 Å². The third-order valence-corrected chi connectivity index (χ3v) is 1.82. The maximum Gasteiger partial charge on any atom is 0.393 e. The van der Waals surface area contributed by atoms with Gasteiger partial charge in [0.25, 0.3) is 0 Å². The summed E-state index contributed by atoms with van der Waals surface area (Å²) in [6.45, 7) is 0. The van der Waals surface area contributed by atoms with E-state index in [2.05, 4.69) is 9.96 Å². The van der Waals surface area contributed by atoms with E-state index in [1.807, 2.05) is 0 Å². The van der Waals surface area contributed by atoms with E-state index < -0.39 is 0 Å². The monoisotopic (exact) mass is 196 g/mol. The molecule has 1 rings (SSSR count). The van der Waals surface area contributed by atoms with Gasteiger partial charge in [0.15, 0.2) is 0 Å². The molecule has 0 fully saturated rings. The van der Waals surface area contributed by atoms with Crippen LogP contribution in [-0.4, -0.2) is 32.4 Å². The minimum atomic E-state index is -0.349. The summed E-state index contributed by atoms with van der Waals surface area (Å²) in [4.78, 5) is 11.2. The Morgan fingerprint density at radius 1 is 1.57 bits per heavy atom. The molecule has 0 spiro atoms. The maximum absolute atomic E-state index is 11.2. The fourth-order valence-electron chi connectivity index (χ4n) is 1.12. The molecule has 14 heavy (non-hydrogen) atoms. The molecule has 1 N–H and O–H groups in total. The first kappa shape index (κ1) is 10.7. The number of aryl methyl sites for hydroxylation is 1. The fraction of sp³-hybridized carbons (Fsp3) is 0.375. The zero-order valence-electron chi connectivity index (χ0n) is 8.53. The van der Waals surface area contributed by atoms with Crippen molar-refractivity contribution in [2.24, 2.45) is 7.05 Å². The van der Waals surface area contributed by atoms with Crippen molar-refractivity contribution < 1.29 is 14.2 Å². The van der Waals surface area contributed by atoms with Crippen LogP contribution in [0.15, 0.2) is 12.3 Å². The predicted molar refractivity (Wildman–Crippen MR) is 54.5 cm³/mol. The van der Waals surface area contributed by atoms with E-state index >= 15 is 0 Å². The van der Waals surface area contributed by atoms with Crippen molar-refractivity contribution in [3.63, 3.8) is 0 Å². The Kier molecular flexibility index (Phi) is 3.59. The van der Waals surface area contributed by atoms with Crippen molar-refractivity contribution >= 4 is 19.3 Å². The first-order valence-corrected chi connectivity index (χ1v) is 4.16. The van der Waals surface area contributed by atoms with Crippen LogP contribution in [0.25, 0.3) is 0 Å². The molecule has 0 aliphatic heterocycles. The second kappa shape index (κ2) is 4.71. The van der Waals surface area contributed by atoms with Crippen LogP contribution in [0.3, 0.4) is 0 Å². The molecular formula is C8H13BN2O3. The molecule has 5 nitrogen and oxygen atoms in total. The highest BCUT2D eigenvalue weighted by Gasteiger charge is 2.11. The van der Waals surface area contributed by atoms with Crippen LogP contribution in [0, 0.1) is 0 Å². The minimum Gasteiger partial charge on any atom is -0.464 e. The second-order valence-corrected chi connectivity index (χ2v) is 2.83. The quantitative estimate of drug-likeness (QED) is 0.549. The van der Waals surface area contributed by atoms with Crippen LogP contribution < -0.4 is 5.23 Å². The average molecular weight is 196 g/mol. The summed E-state index contributed by atoms with van der Waals surface area (Å²) >= 11 is 0. The summed E-state index contributed by atoms with van der Waals surface area (Å²) in [5.41, 5.74) is 1.33. The van der Waals surface area contributed by atoms with E-state index in [-0.39, 0.29) is 5.97 Å². The molecule has 0 atom stereocenters. The summed E-state index contributed by atoms with van der Waals surface area (Å²) < 4.78 is 11.2. The van der Waals surface area contributed by atoms with E-state index in [1.54, 1.807) is 31.0 Å². The van der Waals surface area contributed by atoms with Crippen LogP contribution >= 0.6 is 0 Å². The first-order valence-electron chi connectivity index (χ1n) is 4.16. The Morgan fingerprint density at radius 3 is 2.86 bits per heavy atom. The summed E-state index contributed by atoms with van der Waals surface area (Å²) in [7, 11) is 5.14. The van der Waals surface area contributed by atoms with Crippen LogP contribution in [0.1, 0.15) is 10.5 Å². The zero-order valence-corrected chi connectivity index (χ0v) is 8.53. The fourth-order valence-corrected chi connectivity index (χ4v) is 1.12. The number of nitrogens with zero attached hydrogens (tertiary/aromatic N) is 1. The van der Waals surface area contributed by atoms with Gasteiger partial charge >= 0.3 is 13.6 Å². The van der Waals surface area contributed by atoms with Crippen molar-refractivity contribution in [2.45, 2.75) is 0 Å². The van der Waals surface area contributed by atoms with Gasteiger partial charge in [-0.1, -0.05) is 0 Å². The van der Waals surface area contributed by atoms with E-state index in [0.29, 0.717) is 13.3 Å². The van der Waals surface area contributed by atoms with Gasteiger partial charge in [0, 0.05) is 26.0 Å². The molecule has 0 radical (unpaired) electrons. The number of hydrogen-bond acceptors (Lipinski definition) is 4. The second-order valence-electron chi connectivity index (χ2n) is 2.83. The molecule has 0 unspecified atom stereocenters. The summed E-state index contributed by atoms with van der Waals surface area (Å²) in [5.74, 6) is -0.349. The molecule has 0 aliphatic carbocycles. The molecule has 1 aromatic heterocycles. The summed E-state index contributed by atoms with van der Waals surface area (Å²) in [5, 5.41) is 2.98. The van der Waals surface area contributed by atoms with Crippen molar-refractivity contribution in [1.82, 2.24) is 4.57 Å². The molecule has 0 aliphatic rings. The SMILES string of the molecule is COBNc1cc(C(=O)OC)n(C)c1. The van der Waals surface area contributed by atoms with Crippen molar-refractivity contribution in [2.75, 3.05) is 19.4 Å². The molecule has 0 bridgehead atoms. The van der Waals surface area contributed by atoms with Crippen LogP contribution in [0.2, 0.25) is 0 Å². The van der Waals surface area contributed by atoms with Gasteiger partial charge in [-0.05, 0) is 6.07 Å². The number of hydrogen-bond donors (Lipinski definition) is 1. The number of carbonyl (C=O) groups excluding carboxylic acids is 1. The molecule has 0 saturated carbocycles. The average Bonchev–Trinajstić information content (AvgIpc) is 2.55. The van der Waals surface area contributed by atoms with Gasteiger partial charge in [-0.25, -0.2) is 4.79 Å². The van der Waals surface area contributed by atoms with Crippen LogP contribution in [-0.2, 0) is 16.4 Å². The standard InChI is InChI=1S/C8H13BN2O3/c1-11-5-6(10-9-14-3)4-7(11)8(12)13-2/h4-5,9-10H,1-3H3. The highest BCUT2D eigenvalue weighted by Crippen LogP contribution is 2.12. The molecule has 0 saturated heterocycles. The number of rotatable bonds is 4. The van der Waals surface area contributed by atoms with Gasteiger partial charge in [0.05, 0.1) is 7.11 Å².